The van der Waals surface area contributed by atoms with Crippen LogP contribution in [-0.4, -0.2) is 51.3 Å². The maximum Gasteiger partial charge on any atom is 0.304 e. The number of carboxylic acids is 1. The quantitative estimate of drug-likeness (QED) is 0.624. The maximum atomic E-state index is 11.6. The Morgan fingerprint density at radius 1 is 1.43 bits per heavy atom. The van der Waals surface area contributed by atoms with E-state index in [-0.39, 0.29) is 18.4 Å². The standard InChI is InChI=1S/C16H19N5O4S.C2H6/c17-11(8-13(22)23)9-2-5-21(6-3-9)15-18-4-1-10(19-15)7-12-14(24)20-16(25)26-12;1-2/h1,4,7,9,11H,2-3,5-6,8,17H2,(H,22,23)(H,20,24,25);1-2H3/b12-7-;. The highest BCUT2D eigenvalue weighted by Gasteiger charge is 2.27. The molecule has 1 aromatic heterocycles. The highest BCUT2D eigenvalue weighted by molar-refractivity contribution is 8.18. The van der Waals surface area contributed by atoms with E-state index in [1.807, 2.05) is 18.7 Å². The molecule has 1 aromatic rings. The lowest BCUT2D eigenvalue weighted by Crippen LogP contribution is -2.42. The number of carboxylic acid groups (broad SMARTS) is 1. The number of hydrogen-bond donors (Lipinski definition) is 3. The monoisotopic (exact) mass is 407 g/mol. The van der Waals surface area contributed by atoms with E-state index in [1.165, 1.54) is 0 Å². The van der Waals surface area contributed by atoms with Crippen molar-refractivity contribution in [1.29, 1.82) is 0 Å². The van der Waals surface area contributed by atoms with Gasteiger partial charge in [0, 0.05) is 25.3 Å². The molecule has 3 rings (SSSR count). The number of rotatable bonds is 5. The summed E-state index contributed by atoms with van der Waals surface area (Å²) in [7, 11) is 0. The highest BCUT2D eigenvalue weighted by Crippen LogP contribution is 2.26. The summed E-state index contributed by atoms with van der Waals surface area (Å²) in [6, 6.07) is 1.32. The predicted octanol–water partition coefficient (Wildman–Crippen LogP) is 1.85. The van der Waals surface area contributed by atoms with Gasteiger partial charge >= 0.3 is 5.97 Å². The molecule has 0 bridgehead atoms. The predicted molar refractivity (Wildman–Crippen MR) is 108 cm³/mol. The lowest BCUT2D eigenvalue weighted by atomic mass is 9.88. The van der Waals surface area contributed by atoms with Crippen molar-refractivity contribution in [2.45, 2.75) is 39.2 Å². The molecule has 9 nitrogen and oxygen atoms in total. The van der Waals surface area contributed by atoms with E-state index < -0.39 is 17.1 Å². The van der Waals surface area contributed by atoms with Gasteiger partial charge in [0.2, 0.25) is 5.95 Å². The minimum absolute atomic E-state index is 0.0251. The second-order valence-corrected chi connectivity index (χ2v) is 7.23. The normalized spacial score (nSPS) is 19.8. The van der Waals surface area contributed by atoms with Crippen LogP contribution in [-0.2, 0) is 9.59 Å². The summed E-state index contributed by atoms with van der Waals surface area (Å²) < 4.78 is 0. The molecule has 10 heteroatoms. The van der Waals surface area contributed by atoms with Crippen molar-refractivity contribution in [1.82, 2.24) is 15.3 Å². The van der Waals surface area contributed by atoms with Crippen LogP contribution in [0.25, 0.3) is 6.08 Å². The first kappa shape index (κ1) is 21.8. The largest absolute Gasteiger partial charge is 0.481 e. The number of nitrogens with one attached hydrogen (secondary N) is 1. The average molecular weight is 407 g/mol. The van der Waals surface area contributed by atoms with Crippen LogP contribution in [0.2, 0.25) is 0 Å². The van der Waals surface area contributed by atoms with Crippen LogP contribution < -0.4 is 16.0 Å². The van der Waals surface area contributed by atoms with Gasteiger partial charge in [-0.2, -0.15) is 0 Å². The van der Waals surface area contributed by atoms with Gasteiger partial charge in [-0.3, -0.25) is 19.7 Å². The number of hydrogen-bond acceptors (Lipinski definition) is 8. The number of carbonyl (C=O) groups is 3. The number of anilines is 1. The minimum Gasteiger partial charge on any atom is -0.481 e. The minimum atomic E-state index is -0.878. The van der Waals surface area contributed by atoms with E-state index in [1.54, 1.807) is 18.3 Å². The molecule has 0 radical (unpaired) electrons. The second kappa shape index (κ2) is 10.2. The van der Waals surface area contributed by atoms with Crippen LogP contribution in [0.4, 0.5) is 10.7 Å². The molecule has 2 aliphatic rings. The van der Waals surface area contributed by atoms with Crippen molar-refractivity contribution in [3.63, 3.8) is 0 Å². The Hall–Kier alpha value is -2.46. The maximum absolute atomic E-state index is 11.6. The number of nitrogens with two attached hydrogens (primary N) is 1. The van der Waals surface area contributed by atoms with Gasteiger partial charge in [0.25, 0.3) is 11.1 Å². The van der Waals surface area contributed by atoms with Gasteiger partial charge in [-0.25, -0.2) is 9.97 Å². The average Bonchev–Trinajstić information content (AvgIpc) is 3.00. The number of aliphatic carboxylic acids is 1. The van der Waals surface area contributed by atoms with Crippen molar-refractivity contribution in [2.24, 2.45) is 11.7 Å². The number of thioether (sulfide) groups is 1. The van der Waals surface area contributed by atoms with Crippen molar-refractivity contribution in [2.75, 3.05) is 18.0 Å². The number of nitrogens with zero attached hydrogens (tertiary/aromatic N) is 3. The SMILES string of the molecule is CC.NC(CC(=O)O)C1CCN(c2nccc(/C=C3\SC(=O)NC3=O)n2)CC1. The lowest BCUT2D eigenvalue weighted by molar-refractivity contribution is -0.137. The fourth-order valence-corrected chi connectivity index (χ4v) is 3.71. The summed E-state index contributed by atoms with van der Waals surface area (Å²) in [4.78, 5) is 44.7. The highest BCUT2D eigenvalue weighted by atomic mass is 32.2. The Morgan fingerprint density at radius 3 is 2.68 bits per heavy atom. The molecule has 0 aromatic carbocycles. The van der Waals surface area contributed by atoms with E-state index >= 15 is 0 Å². The van der Waals surface area contributed by atoms with E-state index in [9.17, 15) is 14.4 Å². The number of amides is 2. The summed E-state index contributed by atoms with van der Waals surface area (Å²) in [5.74, 6) is -0.596. The van der Waals surface area contributed by atoms with Gasteiger partial charge < -0.3 is 15.7 Å². The zero-order chi connectivity index (χ0) is 20.7. The third-order valence-corrected chi connectivity index (χ3v) is 5.23. The molecule has 2 saturated heterocycles. The Bertz CT molecular complexity index is 762. The molecule has 0 spiro atoms. The Kier molecular flexibility index (Phi) is 7.94. The topological polar surface area (TPSA) is 139 Å². The van der Waals surface area contributed by atoms with Crippen LogP contribution in [0.5, 0.6) is 0 Å². The summed E-state index contributed by atoms with van der Waals surface area (Å²) in [5, 5.41) is 10.7. The fourth-order valence-electron chi connectivity index (χ4n) is 3.05. The Labute approximate surface area is 167 Å². The van der Waals surface area contributed by atoms with Crippen LogP contribution in [0.3, 0.4) is 0 Å². The van der Waals surface area contributed by atoms with Crippen molar-refractivity contribution in [3.05, 3.63) is 22.9 Å². The molecule has 4 N–H and O–H groups in total. The molecule has 0 saturated carbocycles. The molecular formula is C18H25N5O4S. The van der Waals surface area contributed by atoms with Crippen LogP contribution in [0, 0.1) is 5.92 Å². The van der Waals surface area contributed by atoms with E-state index in [0.29, 0.717) is 29.6 Å². The number of aromatic nitrogens is 2. The van der Waals surface area contributed by atoms with Gasteiger partial charge in [0.05, 0.1) is 17.0 Å². The van der Waals surface area contributed by atoms with Crippen LogP contribution in [0.1, 0.15) is 38.8 Å². The van der Waals surface area contributed by atoms with E-state index in [4.69, 9.17) is 10.8 Å². The summed E-state index contributed by atoms with van der Waals surface area (Å²) >= 11 is 0.844. The summed E-state index contributed by atoms with van der Waals surface area (Å²) in [6.07, 6.45) is 4.69. The summed E-state index contributed by atoms with van der Waals surface area (Å²) in [6.45, 7) is 5.37. The fraction of sp³-hybridized carbons (Fsp3) is 0.500. The Balaban J connectivity index is 0.00000136. The molecule has 1 unspecified atom stereocenters. The van der Waals surface area contributed by atoms with Crippen LogP contribution in [0.15, 0.2) is 17.2 Å². The lowest BCUT2D eigenvalue weighted by Gasteiger charge is -2.34. The number of piperidine rings is 1. The number of carbonyl (C=O) groups excluding carboxylic acids is 2. The molecule has 152 valence electrons. The first-order chi connectivity index (χ1) is 13.4. The van der Waals surface area contributed by atoms with Crippen LogP contribution >= 0.6 is 11.8 Å². The Morgan fingerprint density at radius 2 is 2.11 bits per heavy atom. The second-order valence-electron chi connectivity index (χ2n) is 6.22. The molecule has 3 heterocycles. The van der Waals surface area contributed by atoms with E-state index in [0.717, 1.165) is 24.6 Å². The van der Waals surface area contributed by atoms with Gasteiger partial charge in [-0.05, 0) is 42.7 Å². The van der Waals surface area contributed by atoms with Crippen molar-refractivity contribution in [3.8, 4) is 0 Å². The van der Waals surface area contributed by atoms with Gasteiger partial charge in [-0.15, -0.1) is 0 Å². The first-order valence-electron chi connectivity index (χ1n) is 9.22. The molecule has 2 aliphatic heterocycles. The van der Waals surface area contributed by atoms with Gasteiger partial charge in [0.1, 0.15) is 0 Å². The number of imide groups is 1. The van der Waals surface area contributed by atoms with Crippen molar-refractivity contribution < 1.29 is 19.5 Å². The summed E-state index contributed by atoms with van der Waals surface area (Å²) in [5.41, 5.74) is 6.52. The molecular weight excluding hydrogens is 382 g/mol. The first-order valence-corrected chi connectivity index (χ1v) is 10.0. The molecule has 2 fully saturated rings. The molecule has 1 atom stereocenters. The zero-order valence-corrected chi connectivity index (χ0v) is 16.7. The van der Waals surface area contributed by atoms with Gasteiger partial charge in [-0.1, -0.05) is 13.8 Å². The van der Waals surface area contributed by atoms with E-state index in [2.05, 4.69) is 15.3 Å². The molecule has 2 amide bonds. The molecule has 28 heavy (non-hydrogen) atoms. The smallest absolute Gasteiger partial charge is 0.304 e. The zero-order valence-electron chi connectivity index (χ0n) is 15.9. The molecule has 0 aliphatic carbocycles. The van der Waals surface area contributed by atoms with Gasteiger partial charge in [0.15, 0.2) is 0 Å². The third kappa shape index (κ3) is 5.77. The van der Waals surface area contributed by atoms with Crippen molar-refractivity contribution >= 4 is 40.9 Å². The third-order valence-electron chi connectivity index (χ3n) is 4.42.